The lowest BCUT2D eigenvalue weighted by Crippen LogP contribution is -1.69. The van der Waals surface area contributed by atoms with Gasteiger partial charge >= 0.3 is 0 Å². The van der Waals surface area contributed by atoms with Gasteiger partial charge in [0.15, 0.2) is 0 Å². The molecule has 0 saturated carbocycles. The fourth-order valence-electron chi connectivity index (χ4n) is 0.379. The quantitative estimate of drug-likeness (QED) is 0.619. The second-order valence-electron chi connectivity index (χ2n) is 1.30. The maximum Gasteiger partial charge on any atom is 0.130 e. The van der Waals surface area contributed by atoms with E-state index in [-0.39, 0.29) is 7.02 Å². The monoisotopic (exact) mass is 179 g/mol. The summed E-state index contributed by atoms with van der Waals surface area (Å²) in [5, 5.41) is 1.04. The van der Waals surface area contributed by atoms with Crippen molar-refractivity contribution in [3.8, 4) is 0 Å². The van der Waals surface area contributed by atoms with Crippen LogP contribution in [-0.2, 0) is 0 Å². The molecule has 0 radical (unpaired) electrons. The first-order valence-electron chi connectivity index (χ1n) is 3.17. The van der Waals surface area contributed by atoms with E-state index in [0.717, 1.165) is 0 Å². The number of halogens is 2. The third kappa shape index (κ3) is 3.67. The molecule has 0 aromatic carbocycles. The summed E-state index contributed by atoms with van der Waals surface area (Å²) in [6, 6.07) is 3.26. The molecule has 0 aliphatic heterocycles. The van der Waals surface area contributed by atoms with Crippen molar-refractivity contribution in [2.45, 2.75) is 0 Å². The SMILES string of the molecule is Clc1ccnc(Cl)c1.[2H]CN. The Kier molecular flexibility index (Phi) is 4.27. The highest BCUT2D eigenvalue weighted by Crippen LogP contribution is 2.10. The first-order valence-corrected chi connectivity index (χ1v) is 3.22. The number of hydrogen-bond donors (Lipinski definition) is 1. The fraction of sp³-hybridized carbons (Fsp3) is 0.167. The highest BCUT2D eigenvalue weighted by atomic mass is 35.5. The lowest BCUT2D eigenvalue weighted by molar-refractivity contribution is 1.33. The van der Waals surface area contributed by atoms with Gasteiger partial charge in [0.2, 0.25) is 0 Å². The number of hydrogen-bond acceptors (Lipinski definition) is 2. The molecule has 0 spiro atoms. The minimum absolute atomic E-state index is 0. The Morgan fingerprint density at radius 2 is 2.30 bits per heavy atom. The minimum Gasteiger partial charge on any atom is -0.333 e. The van der Waals surface area contributed by atoms with Crippen molar-refractivity contribution in [2.24, 2.45) is 5.73 Å². The molecule has 10 heavy (non-hydrogen) atoms. The van der Waals surface area contributed by atoms with Crippen molar-refractivity contribution < 1.29 is 1.37 Å². The standard InChI is InChI=1S/C5H3Cl2N.CH5N/c6-4-1-2-8-5(7)3-4;1-2/h1-3H;2H2,1H3/i;1D. The zero-order valence-electron chi connectivity index (χ0n) is 6.22. The van der Waals surface area contributed by atoms with Crippen molar-refractivity contribution >= 4 is 23.2 Å². The number of pyridine rings is 1. The Labute approximate surface area is 71.4 Å². The number of nitrogens with two attached hydrogens (primary N) is 1. The van der Waals surface area contributed by atoms with E-state index < -0.39 is 0 Å². The molecule has 4 heteroatoms. The Hall–Kier alpha value is -0.310. The zero-order chi connectivity index (χ0) is 8.69. The molecule has 0 aliphatic rings. The van der Waals surface area contributed by atoms with Crippen molar-refractivity contribution in [3.63, 3.8) is 0 Å². The molecule has 1 aromatic heterocycles. The summed E-state index contributed by atoms with van der Waals surface area (Å²) in [4.78, 5) is 3.72. The summed E-state index contributed by atoms with van der Waals surface area (Å²) in [7, 11) is 0. The molecular formula is C6H8Cl2N2. The Morgan fingerprint density at radius 1 is 1.70 bits per heavy atom. The Bertz CT molecular complexity index is 190. The first kappa shape index (κ1) is 7.79. The highest BCUT2D eigenvalue weighted by molar-refractivity contribution is 6.33. The van der Waals surface area contributed by atoms with Crippen LogP contribution in [-0.4, -0.2) is 12.0 Å². The van der Waals surface area contributed by atoms with E-state index in [2.05, 4.69) is 10.7 Å². The number of nitrogens with zero attached hydrogens (tertiary/aromatic N) is 1. The molecule has 2 N–H and O–H groups in total. The predicted octanol–water partition coefficient (Wildman–Crippen LogP) is 1.96. The molecule has 0 atom stereocenters. The average Bonchev–Trinajstić information content (AvgIpc) is 1.88. The first-order chi connectivity index (χ1) is 5.20. The molecule has 0 fully saturated rings. The lowest BCUT2D eigenvalue weighted by Gasteiger charge is -1.85. The minimum atomic E-state index is 0. The van der Waals surface area contributed by atoms with Crippen molar-refractivity contribution in [3.05, 3.63) is 28.5 Å². The molecule has 0 bridgehead atoms. The van der Waals surface area contributed by atoms with E-state index in [0.29, 0.717) is 10.2 Å². The molecule has 56 valence electrons. The van der Waals surface area contributed by atoms with Gasteiger partial charge in [0.1, 0.15) is 5.15 Å². The topological polar surface area (TPSA) is 38.9 Å². The van der Waals surface area contributed by atoms with E-state index in [1.165, 1.54) is 0 Å². The van der Waals surface area contributed by atoms with Crippen LogP contribution in [0.15, 0.2) is 18.3 Å². The smallest absolute Gasteiger partial charge is 0.130 e. The highest BCUT2D eigenvalue weighted by Gasteiger charge is 1.86. The van der Waals surface area contributed by atoms with Gasteiger partial charge < -0.3 is 5.73 Å². The van der Waals surface area contributed by atoms with Crippen LogP contribution in [0.3, 0.4) is 0 Å². The van der Waals surface area contributed by atoms with Crippen molar-refractivity contribution in [2.75, 3.05) is 7.02 Å². The summed E-state index contributed by atoms with van der Waals surface area (Å²) in [6.07, 6.45) is 1.56. The molecule has 0 saturated heterocycles. The van der Waals surface area contributed by atoms with Gasteiger partial charge in [0, 0.05) is 12.6 Å². The Balaban J connectivity index is 0.000000292. The van der Waals surface area contributed by atoms with E-state index in [9.17, 15) is 0 Å². The summed E-state index contributed by atoms with van der Waals surface area (Å²) >= 11 is 11.0. The van der Waals surface area contributed by atoms with Gasteiger partial charge in [-0.3, -0.25) is 0 Å². The van der Waals surface area contributed by atoms with Gasteiger partial charge in [-0.25, -0.2) is 4.98 Å². The van der Waals surface area contributed by atoms with Crippen LogP contribution in [0.2, 0.25) is 10.2 Å². The van der Waals surface area contributed by atoms with Gasteiger partial charge in [-0.15, -0.1) is 0 Å². The second-order valence-corrected chi connectivity index (χ2v) is 2.12. The number of aromatic nitrogens is 1. The fourth-order valence-corrected chi connectivity index (χ4v) is 0.768. The van der Waals surface area contributed by atoms with Crippen LogP contribution in [0.1, 0.15) is 1.37 Å². The van der Waals surface area contributed by atoms with E-state index in [4.69, 9.17) is 24.6 Å². The van der Waals surface area contributed by atoms with Gasteiger partial charge in [-0.2, -0.15) is 0 Å². The van der Waals surface area contributed by atoms with Gasteiger partial charge in [-0.1, -0.05) is 23.2 Å². The van der Waals surface area contributed by atoms with Crippen molar-refractivity contribution in [1.82, 2.24) is 4.98 Å². The molecule has 1 aromatic rings. The lowest BCUT2D eigenvalue weighted by atomic mass is 10.5. The Morgan fingerprint density at radius 3 is 2.60 bits per heavy atom. The second kappa shape index (κ2) is 5.47. The maximum atomic E-state index is 5.99. The molecule has 0 unspecified atom stereocenters. The summed E-state index contributed by atoms with van der Waals surface area (Å²) in [6.45, 7) is 0. The van der Waals surface area contributed by atoms with Crippen LogP contribution in [0.5, 0.6) is 0 Å². The molecule has 0 amide bonds. The van der Waals surface area contributed by atoms with E-state index >= 15 is 0 Å². The van der Waals surface area contributed by atoms with Gasteiger partial charge in [0.25, 0.3) is 0 Å². The van der Waals surface area contributed by atoms with E-state index in [1.807, 2.05) is 0 Å². The predicted molar refractivity (Wildman–Crippen MR) is 44.4 cm³/mol. The van der Waals surface area contributed by atoms with Crippen LogP contribution in [0.25, 0.3) is 0 Å². The molecule has 1 heterocycles. The van der Waals surface area contributed by atoms with Crippen LogP contribution in [0.4, 0.5) is 0 Å². The third-order valence-corrected chi connectivity index (χ3v) is 1.13. The largest absolute Gasteiger partial charge is 0.333 e. The summed E-state index contributed by atoms with van der Waals surface area (Å²) in [5.74, 6) is 0. The van der Waals surface area contributed by atoms with Gasteiger partial charge in [0.05, 0.1) is 0 Å². The van der Waals surface area contributed by atoms with Crippen LogP contribution >= 0.6 is 23.2 Å². The third-order valence-electron chi connectivity index (χ3n) is 0.689. The van der Waals surface area contributed by atoms with Crippen LogP contribution in [0, 0.1) is 0 Å². The summed E-state index contributed by atoms with van der Waals surface area (Å²) < 4.78 is 5.99. The molecule has 0 aliphatic carbocycles. The zero-order valence-corrected chi connectivity index (χ0v) is 6.73. The summed E-state index contributed by atoms with van der Waals surface area (Å²) in [5.41, 5.74) is 4.51. The van der Waals surface area contributed by atoms with Crippen LogP contribution < -0.4 is 5.73 Å². The molecule has 2 nitrogen and oxygen atoms in total. The average molecular weight is 180 g/mol. The van der Waals surface area contributed by atoms with E-state index in [1.54, 1.807) is 18.3 Å². The molecular weight excluding hydrogens is 171 g/mol. The van der Waals surface area contributed by atoms with Gasteiger partial charge in [-0.05, 0) is 19.2 Å². The molecule has 1 rings (SSSR count). The van der Waals surface area contributed by atoms with Crippen molar-refractivity contribution in [1.29, 1.82) is 0 Å². The maximum absolute atomic E-state index is 5.99. The normalized spacial score (nSPS) is 9.30. The number of rotatable bonds is 0.